The van der Waals surface area contributed by atoms with Crippen LogP contribution in [-0.4, -0.2) is 17.2 Å². The second-order valence-electron chi connectivity index (χ2n) is 4.74. The second kappa shape index (κ2) is 11.9. The Bertz CT molecular complexity index is 183. The zero-order valence-electron chi connectivity index (χ0n) is 11.5. The van der Waals surface area contributed by atoms with Crippen LogP contribution >= 0.6 is 0 Å². The first-order valence-electron chi connectivity index (χ1n) is 7.18. The summed E-state index contributed by atoms with van der Waals surface area (Å²) in [5.41, 5.74) is 0. The van der Waals surface area contributed by atoms with Gasteiger partial charge in [0.15, 0.2) is 0 Å². The number of nitrogens with one attached hydrogen (secondary N) is 1. The van der Waals surface area contributed by atoms with Gasteiger partial charge < -0.3 is 10.4 Å². The average molecular weight is 243 g/mol. The highest BCUT2D eigenvalue weighted by atomic mass is 16.3. The molecule has 0 aromatic rings. The van der Waals surface area contributed by atoms with Crippen molar-refractivity contribution in [3.8, 4) is 0 Å². The first-order chi connectivity index (χ1) is 8.20. The third kappa shape index (κ3) is 11.7. The Morgan fingerprint density at radius 2 is 1.59 bits per heavy atom. The van der Waals surface area contributed by atoms with E-state index in [9.17, 15) is 9.90 Å². The normalized spacial score (nSPS) is 12.4. The van der Waals surface area contributed by atoms with E-state index in [1.807, 2.05) is 6.92 Å². The van der Waals surface area contributed by atoms with Gasteiger partial charge in [-0.25, -0.2) is 0 Å². The molecule has 0 aliphatic heterocycles. The van der Waals surface area contributed by atoms with Gasteiger partial charge in [-0.3, -0.25) is 4.79 Å². The maximum absolute atomic E-state index is 11.4. The highest BCUT2D eigenvalue weighted by molar-refractivity contribution is 5.75. The van der Waals surface area contributed by atoms with Crippen LogP contribution in [0.3, 0.4) is 0 Å². The number of rotatable bonds is 11. The van der Waals surface area contributed by atoms with Gasteiger partial charge in [0.05, 0.1) is 0 Å². The fraction of sp³-hybridized carbons (Fsp3) is 0.929. The van der Waals surface area contributed by atoms with E-state index in [2.05, 4.69) is 12.2 Å². The summed E-state index contributed by atoms with van der Waals surface area (Å²) in [6.07, 6.45) is 9.92. The molecule has 0 aromatic carbocycles. The molecule has 1 unspecified atom stereocenters. The van der Waals surface area contributed by atoms with Gasteiger partial charge in [-0.05, 0) is 12.8 Å². The second-order valence-corrected chi connectivity index (χ2v) is 4.74. The minimum absolute atomic E-state index is 0.0143. The Morgan fingerprint density at radius 3 is 2.18 bits per heavy atom. The van der Waals surface area contributed by atoms with E-state index in [0.717, 1.165) is 19.3 Å². The number of aliphatic hydroxyl groups excluding tert-OH is 1. The lowest BCUT2D eigenvalue weighted by atomic mass is 10.1. The molecule has 0 saturated heterocycles. The fourth-order valence-electron chi connectivity index (χ4n) is 1.85. The van der Waals surface area contributed by atoms with Crippen LogP contribution in [0.1, 0.15) is 78.1 Å². The molecule has 0 aromatic heterocycles. The summed E-state index contributed by atoms with van der Waals surface area (Å²) in [5, 5.41) is 12.0. The summed E-state index contributed by atoms with van der Waals surface area (Å²) in [6.45, 7) is 4.21. The van der Waals surface area contributed by atoms with Crippen molar-refractivity contribution >= 4 is 5.91 Å². The molecule has 3 nitrogen and oxygen atoms in total. The standard InChI is InChI=1S/C14H29NO2/c1-3-5-6-7-8-9-10-12-14(17)15-13(16)11-4-2/h13,16H,3-12H2,1-2H3,(H,15,17). The number of aliphatic hydroxyl groups is 1. The molecule has 17 heavy (non-hydrogen) atoms. The number of carbonyl (C=O) groups is 1. The van der Waals surface area contributed by atoms with Crippen LogP contribution in [0, 0.1) is 0 Å². The van der Waals surface area contributed by atoms with Gasteiger partial charge in [-0.15, -0.1) is 0 Å². The van der Waals surface area contributed by atoms with Gasteiger partial charge in [-0.2, -0.15) is 0 Å². The molecular weight excluding hydrogens is 214 g/mol. The Morgan fingerprint density at radius 1 is 1.00 bits per heavy atom. The highest BCUT2D eigenvalue weighted by Crippen LogP contribution is 2.08. The van der Waals surface area contributed by atoms with E-state index in [-0.39, 0.29) is 5.91 Å². The van der Waals surface area contributed by atoms with Crippen LogP contribution in [-0.2, 0) is 4.79 Å². The predicted molar refractivity (Wildman–Crippen MR) is 71.7 cm³/mol. The van der Waals surface area contributed by atoms with E-state index in [1.165, 1.54) is 32.1 Å². The zero-order valence-corrected chi connectivity index (χ0v) is 11.5. The third-order valence-corrected chi connectivity index (χ3v) is 2.90. The van der Waals surface area contributed by atoms with Crippen molar-refractivity contribution in [2.24, 2.45) is 0 Å². The number of hydrogen-bond donors (Lipinski definition) is 2. The molecule has 0 radical (unpaired) electrons. The lowest BCUT2D eigenvalue weighted by Crippen LogP contribution is -2.34. The smallest absolute Gasteiger partial charge is 0.221 e. The molecule has 0 spiro atoms. The van der Waals surface area contributed by atoms with E-state index >= 15 is 0 Å². The zero-order chi connectivity index (χ0) is 12.9. The molecule has 1 amide bonds. The quantitative estimate of drug-likeness (QED) is 0.432. The van der Waals surface area contributed by atoms with Crippen molar-refractivity contribution in [2.75, 3.05) is 0 Å². The van der Waals surface area contributed by atoms with Crippen molar-refractivity contribution in [3.05, 3.63) is 0 Å². The molecule has 0 rings (SSSR count). The average Bonchev–Trinajstić information content (AvgIpc) is 2.28. The van der Waals surface area contributed by atoms with Crippen LogP contribution < -0.4 is 5.32 Å². The van der Waals surface area contributed by atoms with Gasteiger partial charge >= 0.3 is 0 Å². The van der Waals surface area contributed by atoms with Gasteiger partial charge in [0, 0.05) is 6.42 Å². The molecular formula is C14H29NO2. The Kier molecular flexibility index (Phi) is 11.5. The van der Waals surface area contributed by atoms with Gasteiger partial charge in [0.2, 0.25) is 5.91 Å². The predicted octanol–water partition coefficient (Wildman–Crippen LogP) is 3.36. The third-order valence-electron chi connectivity index (χ3n) is 2.90. The molecule has 0 fully saturated rings. The molecule has 2 N–H and O–H groups in total. The van der Waals surface area contributed by atoms with E-state index < -0.39 is 6.23 Å². The monoisotopic (exact) mass is 243 g/mol. The Labute approximate surface area is 106 Å². The van der Waals surface area contributed by atoms with Crippen LogP contribution in [0.5, 0.6) is 0 Å². The van der Waals surface area contributed by atoms with E-state index in [1.54, 1.807) is 0 Å². The summed E-state index contributed by atoms with van der Waals surface area (Å²) in [4.78, 5) is 11.4. The Balaban J connectivity index is 3.27. The van der Waals surface area contributed by atoms with Crippen molar-refractivity contribution in [1.29, 1.82) is 0 Å². The first-order valence-corrected chi connectivity index (χ1v) is 7.18. The van der Waals surface area contributed by atoms with E-state index in [0.29, 0.717) is 12.8 Å². The number of hydrogen-bond acceptors (Lipinski definition) is 2. The van der Waals surface area contributed by atoms with Crippen molar-refractivity contribution in [1.82, 2.24) is 5.32 Å². The molecule has 0 heterocycles. The van der Waals surface area contributed by atoms with Gasteiger partial charge in [-0.1, -0.05) is 58.8 Å². The first kappa shape index (κ1) is 16.4. The van der Waals surface area contributed by atoms with Crippen molar-refractivity contribution in [3.63, 3.8) is 0 Å². The van der Waals surface area contributed by atoms with Crippen LogP contribution in [0.2, 0.25) is 0 Å². The van der Waals surface area contributed by atoms with Crippen LogP contribution in [0.4, 0.5) is 0 Å². The largest absolute Gasteiger partial charge is 0.374 e. The minimum Gasteiger partial charge on any atom is -0.374 e. The topological polar surface area (TPSA) is 49.3 Å². The lowest BCUT2D eigenvalue weighted by molar-refractivity contribution is -0.124. The van der Waals surface area contributed by atoms with Crippen molar-refractivity contribution < 1.29 is 9.90 Å². The van der Waals surface area contributed by atoms with Gasteiger partial charge in [0.1, 0.15) is 6.23 Å². The van der Waals surface area contributed by atoms with Crippen LogP contribution in [0.25, 0.3) is 0 Å². The molecule has 3 heteroatoms. The Hall–Kier alpha value is -0.570. The molecule has 102 valence electrons. The molecule has 1 atom stereocenters. The summed E-state index contributed by atoms with van der Waals surface area (Å²) in [7, 11) is 0. The molecule has 0 bridgehead atoms. The SMILES string of the molecule is CCCCCCCCCC(=O)NC(O)CCC. The summed E-state index contributed by atoms with van der Waals surface area (Å²) in [5.74, 6) is -0.0143. The van der Waals surface area contributed by atoms with Gasteiger partial charge in [0.25, 0.3) is 0 Å². The molecule has 0 aliphatic carbocycles. The number of carbonyl (C=O) groups excluding carboxylic acids is 1. The van der Waals surface area contributed by atoms with E-state index in [4.69, 9.17) is 0 Å². The summed E-state index contributed by atoms with van der Waals surface area (Å²) >= 11 is 0. The number of unbranched alkanes of at least 4 members (excludes halogenated alkanes) is 6. The van der Waals surface area contributed by atoms with Crippen molar-refractivity contribution in [2.45, 2.75) is 84.3 Å². The maximum atomic E-state index is 11.4. The number of amides is 1. The highest BCUT2D eigenvalue weighted by Gasteiger charge is 2.06. The minimum atomic E-state index is -0.656. The summed E-state index contributed by atoms with van der Waals surface area (Å²) < 4.78 is 0. The summed E-state index contributed by atoms with van der Waals surface area (Å²) in [6, 6.07) is 0. The molecule has 0 saturated carbocycles. The maximum Gasteiger partial charge on any atom is 0.221 e. The van der Waals surface area contributed by atoms with Crippen LogP contribution in [0.15, 0.2) is 0 Å². The lowest BCUT2D eigenvalue weighted by Gasteiger charge is -2.11. The fourth-order valence-corrected chi connectivity index (χ4v) is 1.85. The molecule has 0 aliphatic rings.